The van der Waals surface area contributed by atoms with E-state index in [1.165, 1.54) is 43.2 Å². The molecule has 3 aromatic rings. The van der Waals surface area contributed by atoms with Gasteiger partial charge in [-0.05, 0) is 60.7 Å². The molecule has 0 saturated heterocycles. The van der Waals surface area contributed by atoms with Gasteiger partial charge in [0.1, 0.15) is 11.6 Å². The summed E-state index contributed by atoms with van der Waals surface area (Å²) in [7, 11) is 0. The van der Waals surface area contributed by atoms with Crippen molar-refractivity contribution in [1.82, 2.24) is 0 Å². The Morgan fingerprint density at radius 3 is 2.23 bits per heavy atom. The van der Waals surface area contributed by atoms with Crippen LogP contribution in [0.2, 0.25) is 0 Å². The second-order valence-electron chi connectivity index (χ2n) is 7.53. The van der Waals surface area contributed by atoms with Gasteiger partial charge in [0.2, 0.25) is 0 Å². The highest BCUT2D eigenvalue weighted by molar-refractivity contribution is 5.91. The number of esters is 1. The molecule has 0 N–H and O–H groups in total. The van der Waals surface area contributed by atoms with E-state index in [1.54, 1.807) is 24.3 Å². The van der Waals surface area contributed by atoms with E-state index >= 15 is 0 Å². The van der Waals surface area contributed by atoms with Crippen molar-refractivity contribution in [2.45, 2.75) is 46.0 Å². The van der Waals surface area contributed by atoms with Crippen molar-refractivity contribution in [2.75, 3.05) is 0 Å². The van der Waals surface area contributed by atoms with Gasteiger partial charge in [-0.25, -0.2) is 18.0 Å². The first-order valence-corrected chi connectivity index (χ1v) is 10.4. The summed E-state index contributed by atoms with van der Waals surface area (Å²) < 4.78 is 46.3. The van der Waals surface area contributed by atoms with E-state index in [0.717, 1.165) is 19.3 Å². The molecule has 0 saturated carbocycles. The van der Waals surface area contributed by atoms with Gasteiger partial charge in [0, 0.05) is 5.56 Å². The van der Waals surface area contributed by atoms with E-state index in [1.807, 2.05) is 12.1 Å². The highest BCUT2D eigenvalue weighted by atomic mass is 19.3. The van der Waals surface area contributed by atoms with Crippen LogP contribution >= 0.6 is 0 Å². The van der Waals surface area contributed by atoms with E-state index in [9.17, 15) is 18.0 Å². The molecule has 162 valence electrons. The summed E-state index contributed by atoms with van der Waals surface area (Å²) >= 11 is 0. The normalized spacial score (nSPS) is 11.0. The zero-order valence-corrected chi connectivity index (χ0v) is 17.6. The highest BCUT2D eigenvalue weighted by Crippen LogP contribution is 2.33. The molecule has 0 aliphatic rings. The van der Waals surface area contributed by atoms with Crippen molar-refractivity contribution in [3.8, 4) is 16.9 Å². The fourth-order valence-electron chi connectivity index (χ4n) is 3.44. The lowest BCUT2D eigenvalue weighted by Crippen LogP contribution is -2.08. The number of rotatable bonds is 8. The van der Waals surface area contributed by atoms with E-state index in [2.05, 4.69) is 6.92 Å². The van der Waals surface area contributed by atoms with Gasteiger partial charge < -0.3 is 4.74 Å². The molecule has 0 heterocycles. The number of hydrogen-bond donors (Lipinski definition) is 0. The predicted octanol–water partition coefficient (Wildman–Crippen LogP) is 7.69. The van der Waals surface area contributed by atoms with Gasteiger partial charge in [-0.3, -0.25) is 0 Å². The zero-order chi connectivity index (χ0) is 22.4. The quantitative estimate of drug-likeness (QED) is 0.210. The summed E-state index contributed by atoms with van der Waals surface area (Å²) in [5.41, 5.74) is 1.74. The van der Waals surface area contributed by atoms with Crippen LogP contribution in [0.25, 0.3) is 11.1 Å². The van der Waals surface area contributed by atoms with Gasteiger partial charge in [0.15, 0.2) is 0 Å². The van der Waals surface area contributed by atoms with Crippen LogP contribution in [0, 0.1) is 12.7 Å². The largest absolute Gasteiger partial charge is 0.423 e. The van der Waals surface area contributed by atoms with Gasteiger partial charge >= 0.3 is 5.97 Å². The Balaban J connectivity index is 1.70. The summed E-state index contributed by atoms with van der Waals surface area (Å²) in [6.45, 7) is 3.61. The molecule has 3 rings (SSSR count). The molecule has 0 spiro atoms. The van der Waals surface area contributed by atoms with Crippen LogP contribution in [0.1, 0.15) is 59.7 Å². The smallest absolute Gasteiger partial charge is 0.343 e. The van der Waals surface area contributed by atoms with E-state index in [-0.39, 0.29) is 11.1 Å². The van der Waals surface area contributed by atoms with Crippen LogP contribution in [0.15, 0.2) is 60.7 Å². The molecule has 0 unspecified atom stereocenters. The maximum Gasteiger partial charge on any atom is 0.343 e. The minimum Gasteiger partial charge on any atom is -0.423 e. The second kappa shape index (κ2) is 10.3. The molecule has 0 aliphatic carbocycles. The third-order valence-electron chi connectivity index (χ3n) is 5.25. The fraction of sp³-hybridized carbons (Fsp3) is 0.269. The minimum atomic E-state index is -2.89. The van der Waals surface area contributed by atoms with Crippen LogP contribution in [0.5, 0.6) is 5.75 Å². The number of unbranched alkanes of at least 4 members (excludes halogenated alkanes) is 2. The molecule has 0 atom stereocenters. The first-order chi connectivity index (χ1) is 14.9. The molecule has 0 bridgehead atoms. The Hall–Kier alpha value is -3.08. The summed E-state index contributed by atoms with van der Waals surface area (Å²) in [6.07, 6.45) is 1.54. The van der Waals surface area contributed by atoms with Gasteiger partial charge in [-0.15, -0.1) is 0 Å². The second-order valence-corrected chi connectivity index (χ2v) is 7.53. The summed E-state index contributed by atoms with van der Waals surface area (Å²) in [5.74, 6) is -1.13. The maximum absolute atomic E-state index is 14.6. The lowest BCUT2D eigenvalue weighted by atomic mass is 9.99. The lowest BCUT2D eigenvalue weighted by molar-refractivity contribution is 0.0734. The van der Waals surface area contributed by atoms with E-state index < -0.39 is 23.8 Å². The van der Waals surface area contributed by atoms with Crippen LogP contribution in [0.3, 0.4) is 0 Å². The first kappa shape index (κ1) is 22.6. The molecule has 2 nitrogen and oxygen atoms in total. The molecule has 0 fully saturated rings. The maximum atomic E-state index is 14.6. The van der Waals surface area contributed by atoms with Crippen LogP contribution in [0.4, 0.5) is 13.2 Å². The number of hydrogen-bond acceptors (Lipinski definition) is 2. The Bertz CT molecular complexity index is 1030. The van der Waals surface area contributed by atoms with Crippen LogP contribution in [-0.4, -0.2) is 5.97 Å². The number of benzene rings is 3. The molecule has 0 aliphatic heterocycles. The minimum absolute atomic E-state index is 0.0810. The molecule has 5 heteroatoms. The Morgan fingerprint density at radius 1 is 0.935 bits per heavy atom. The summed E-state index contributed by atoms with van der Waals surface area (Å²) in [6, 6.07) is 16.4. The molecule has 31 heavy (non-hydrogen) atoms. The number of halogens is 3. The van der Waals surface area contributed by atoms with Crippen LogP contribution in [-0.2, 0) is 6.42 Å². The van der Waals surface area contributed by atoms with Gasteiger partial charge in [-0.1, -0.05) is 56.2 Å². The number of aryl methyl sites for hydroxylation is 2. The van der Waals surface area contributed by atoms with Crippen molar-refractivity contribution in [3.63, 3.8) is 0 Å². The van der Waals surface area contributed by atoms with Crippen molar-refractivity contribution < 1.29 is 22.7 Å². The molecule has 3 aromatic carbocycles. The van der Waals surface area contributed by atoms with Gasteiger partial charge in [0.05, 0.1) is 11.1 Å². The summed E-state index contributed by atoms with van der Waals surface area (Å²) in [4.78, 5) is 12.4. The molecular formula is C26H25F3O2. The lowest BCUT2D eigenvalue weighted by Gasteiger charge is -2.12. The van der Waals surface area contributed by atoms with Crippen molar-refractivity contribution in [1.29, 1.82) is 0 Å². The average Bonchev–Trinajstić information content (AvgIpc) is 2.75. The van der Waals surface area contributed by atoms with Gasteiger partial charge in [0.25, 0.3) is 6.43 Å². The molecule has 0 aromatic heterocycles. The standard InChI is InChI=1S/C26H25F3O2/c1-3-4-5-6-18-8-10-20(11-9-18)26(30)31-21-14-12-19(13-15-21)22-16-7-17(2)23(24(22)27)25(28)29/h7-16,25H,3-6H2,1-2H3. The zero-order valence-electron chi connectivity index (χ0n) is 17.6. The Labute approximate surface area is 180 Å². The number of carbonyl (C=O) groups excluding carboxylic acids is 1. The highest BCUT2D eigenvalue weighted by Gasteiger charge is 2.20. The molecule has 0 amide bonds. The average molecular weight is 426 g/mol. The van der Waals surface area contributed by atoms with Crippen molar-refractivity contribution in [3.05, 3.63) is 88.7 Å². The number of alkyl halides is 2. The monoisotopic (exact) mass is 426 g/mol. The molecular weight excluding hydrogens is 401 g/mol. The van der Waals surface area contributed by atoms with E-state index in [0.29, 0.717) is 16.9 Å². The summed E-state index contributed by atoms with van der Waals surface area (Å²) in [5, 5.41) is 0. The Morgan fingerprint density at radius 2 is 1.61 bits per heavy atom. The van der Waals surface area contributed by atoms with Crippen LogP contribution < -0.4 is 4.74 Å². The third-order valence-corrected chi connectivity index (χ3v) is 5.25. The molecule has 0 radical (unpaired) electrons. The first-order valence-electron chi connectivity index (χ1n) is 10.4. The number of ether oxygens (including phenoxy) is 1. The third kappa shape index (κ3) is 5.54. The predicted molar refractivity (Wildman–Crippen MR) is 116 cm³/mol. The van der Waals surface area contributed by atoms with Gasteiger partial charge in [-0.2, -0.15) is 0 Å². The number of carbonyl (C=O) groups is 1. The Kier molecular flexibility index (Phi) is 7.50. The SMILES string of the molecule is CCCCCc1ccc(C(=O)Oc2ccc(-c3ccc(C)c(C(F)F)c3F)cc2)cc1. The van der Waals surface area contributed by atoms with Crippen molar-refractivity contribution in [2.24, 2.45) is 0 Å². The van der Waals surface area contributed by atoms with E-state index in [4.69, 9.17) is 4.74 Å². The topological polar surface area (TPSA) is 26.3 Å². The fourth-order valence-corrected chi connectivity index (χ4v) is 3.44. The van der Waals surface area contributed by atoms with Crippen molar-refractivity contribution >= 4 is 5.97 Å².